The summed E-state index contributed by atoms with van der Waals surface area (Å²) in [5.41, 5.74) is 6.70. The number of ketones is 1. The smallest absolute Gasteiger partial charge is 0.339 e. The van der Waals surface area contributed by atoms with E-state index < -0.39 is 5.97 Å². The Bertz CT molecular complexity index is 418. The molecule has 0 atom stereocenters. The predicted octanol–water partition coefficient (Wildman–Crippen LogP) is 2.02. The highest BCUT2D eigenvalue weighted by Crippen LogP contribution is 2.16. The Morgan fingerprint density at radius 2 is 2.12 bits per heavy atom. The molecule has 0 aromatic heterocycles. The first kappa shape index (κ1) is 12.7. The molecule has 1 aromatic carbocycles. The summed E-state index contributed by atoms with van der Waals surface area (Å²) in [7, 11) is 1.28. The van der Waals surface area contributed by atoms with E-state index in [1.807, 2.05) is 0 Å². The molecule has 5 heteroatoms. The molecule has 86 valence electrons. The van der Waals surface area contributed by atoms with Gasteiger partial charge in [0.1, 0.15) is 0 Å². The van der Waals surface area contributed by atoms with Crippen molar-refractivity contribution in [2.45, 2.75) is 6.42 Å². The van der Waals surface area contributed by atoms with Crippen molar-refractivity contribution >= 4 is 33.4 Å². The minimum atomic E-state index is -0.503. The summed E-state index contributed by atoms with van der Waals surface area (Å²) in [6.45, 7) is 0. The van der Waals surface area contributed by atoms with E-state index in [0.717, 1.165) is 0 Å². The number of carbonyl (C=O) groups is 2. The van der Waals surface area contributed by atoms with Gasteiger partial charge in [-0.25, -0.2) is 4.79 Å². The number of carbonyl (C=O) groups excluding carboxylic acids is 2. The molecule has 16 heavy (non-hydrogen) atoms. The molecule has 2 N–H and O–H groups in total. The average molecular weight is 286 g/mol. The summed E-state index contributed by atoms with van der Waals surface area (Å²) >= 11 is 3.19. The molecule has 0 spiro atoms. The van der Waals surface area contributed by atoms with Crippen molar-refractivity contribution in [2.24, 2.45) is 0 Å². The number of alkyl halides is 1. The molecule has 0 heterocycles. The summed E-state index contributed by atoms with van der Waals surface area (Å²) in [6.07, 6.45) is 0.400. The van der Waals surface area contributed by atoms with Crippen LogP contribution in [0.3, 0.4) is 0 Å². The van der Waals surface area contributed by atoms with Gasteiger partial charge in [0.05, 0.1) is 12.7 Å². The number of Topliss-reactive ketones (excluding diaryl/α,β-unsaturated/α-hetero) is 1. The lowest BCUT2D eigenvalue weighted by Crippen LogP contribution is -2.08. The van der Waals surface area contributed by atoms with Crippen LogP contribution in [0.5, 0.6) is 0 Å². The predicted molar refractivity (Wildman–Crippen MR) is 64.9 cm³/mol. The third-order valence-corrected chi connectivity index (χ3v) is 2.50. The second-order valence-electron chi connectivity index (χ2n) is 3.16. The number of anilines is 1. The first-order chi connectivity index (χ1) is 7.60. The molecule has 0 aliphatic carbocycles. The monoisotopic (exact) mass is 285 g/mol. The van der Waals surface area contributed by atoms with Crippen molar-refractivity contribution in [3.8, 4) is 0 Å². The maximum Gasteiger partial charge on any atom is 0.339 e. The van der Waals surface area contributed by atoms with Crippen LogP contribution >= 0.6 is 15.9 Å². The highest BCUT2D eigenvalue weighted by atomic mass is 79.9. The standard InChI is InChI=1S/C11H12BrNO3/c1-16-11(15)8-3-2-7(6-9(8)13)10(14)4-5-12/h2-3,6H,4-5,13H2,1H3. The Morgan fingerprint density at radius 1 is 1.44 bits per heavy atom. The Balaban J connectivity index is 2.99. The summed E-state index contributed by atoms with van der Waals surface area (Å²) in [4.78, 5) is 22.8. The molecule has 0 fully saturated rings. The fraction of sp³-hybridized carbons (Fsp3) is 0.273. The van der Waals surface area contributed by atoms with Crippen LogP contribution in [0.25, 0.3) is 0 Å². The van der Waals surface area contributed by atoms with Crippen molar-refractivity contribution in [1.29, 1.82) is 0 Å². The van der Waals surface area contributed by atoms with Crippen molar-refractivity contribution < 1.29 is 14.3 Å². The molecule has 0 aliphatic rings. The maximum absolute atomic E-state index is 11.5. The summed E-state index contributed by atoms with van der Waals surface area (Å²) in [5, 5.41) is 0.602. The van der Waals surface area contributed by atoms with Crippen LogP contribution in [0, 0.1) is 0 Å². The van der Waals surface area contributed by atoms with Crippen molar-refractivity contribution in [2.75, 3.05) is 18.2 Å². The first-order valence-electron chi connectivity index (χ1n) is 4.67. The Hall–Kier alpha value is -1.36. The number of halogens is 1. The lowest BCUT2D eigenvalue weighted by atomic mass is 10.0. The number of methoxy groups -OCH3 is 1. The lowest BCUT2D eigenvalue weighted by Gasteiger charge is -2.05. The van der Waals surface area contributed by atoms with Crippen molar-refractivity contribution in [1.82, 2.24) is 0 Å². The van der Waals surface area contributed by atoms with Gasteiger partial charge in [-0.05, 0) is 12.1 Å². The van der Waals surface area contributed by atoms with Gasteiger partial charge in [-0.15, -0.1) is 0 Å². The van der Waals surface area contributed by atoms with Gasteiger partial charge < -0.3 is 10.5 Å². The fourth-order valence-electron chi connectivity index (χ4n) is 1.26. The van der Waals surface area contributed by atoms with Gasteiger partial charge in [-0.1, -0.05) is 22.0 Å². The van der Waals surface area contributed by atoms with Crippen LogP contribution < -0.4 is 5.73 Å². The molecular weight excluding hydrogens is 274 g/mol. The molecule has 1 rings (SSSR count). The van der Waals surface area contributed by atoms with Crippen molar-refractivity contribution in [3.63, 3.8) is 0 Å². The van der Waals surface area contributed by atoms with Gasteiger partial charge in [-0.3, -0.25) is 4.79 Å². The van der Waals surface area contributed by atoms with E-state index in [1.165, 1.54) is 19.2 Å². The molecule has 0 amide bonds. The number of nitrogens with two attached hydrogens (primary N) is 1. The van der Waals surface area contributed by atoms with E-state index in [9.17, 15) is 9.59 Å². The largest absolute Gasteiger partial charge is 0.465 e. The zero-order chi connectivity index (χ0) is 12.1. The number of rotatable bonds is 4. The highest BCUT2D eigenvalue weighted by molar-refractivity contribution is 9.09. The van der Waals surface area contributed by atoms with Gasteiger partial charge in [0, 0.05) is 23.0 Å². The van der Waals surface area contributed by atoms with Crippen LogP contribution in [0.15, 0.2) is 18.2 Å². The second-order valence-corrected chi connectivity index (χ2v) is 3.95. The van der Waals surface area contributed by atoms with Crippen LogP contribution in [0.4, 0.5) is 5.69 Å². The third kappa shape index (κ3) is 2.82. The summed E-state index contributed by atoms with van der Waals surface area (Å²) in [6, 6.07) is 4.58. The van der Waals surface area contributed by atoms with E-state index in [1.54, 1.807) is 6.07 Å². The number of hydrogen-bond donors (Lipinski definition) is 1. The van der Waals surface area contributed by atoms with Gasteiger partial charge in [0.15, 0.2) is 5.78 Å². The molecule has 0 aliphatic heterocycles. The number of ether oxygens (including phenoxy) is 1. The van der Waals surface area contributed by atoms with E-state index in [2.05, 4.69) is 20.7 Å². The third-order valence-electron chi connectivity index (χ3n) is 2.10. The lowest BCUT2D eigenvalue weighted by molar-refractivity contribution is 0.0601. The van der Waals surface area contributed by atoms with Gasteiger partial charge in [-0.2, -0.15) is 0 Å². The second kappa shape index (κ2) is 5.65. The molecule has 0 saturated carbocycles. The molecule has 0 bridgehead atoms. The molecule has 0 unspecified atom stereocenters. The van der Waals surface area contributed by atoms with E-state index in [0.29, 0.717) is 17.3 Å². The van der Waals surface area contributed by atoms with Crippen LogP contribution in [0.2, 0.25) is 0 Å². The quantitative estimate of drug-likeness (QED) is 0.398. The Kier molecular flexibility index (Phi) is 4.49. The SMILES string of the molecule is COC(=O)c1ccc(C(=O)CCBr)cc1N. The van der Waals surface area contributed by atoms with E-state index >= 15 is 0 Å². The van der Waals surface area contributed by atoms with Gasteiger partial charge in [0.25, 0.3) is 0 Å². The highest BCUT2D eigenvalue weighted by Gasteiger charge is 2.12. The number of hydrogen-bond acceptors (Lipinski definition) is 4. The normalized spacial score (nSPS) is 9.88. The molecule has 1 aromatic rings. The Labute approximate surface area is 102 Å². The number of esters is 1. The Morgan fingerprint density at radius 3 is 2.62 bits per heavy atom. The van der Waals surface area contributed by atoms with E-state index in [4.69, 9.17) is 5.73 Å². The van der Waals surface area contributed by atoms with Gasteiger partial charge >= 0.3 is 5.97 Å². The minimum Gasteiger partial charge on any atom is -0.465 e. The zero-order valence-electron chi connectivity index (χ0n) is 8.83. The van der Waals surface area contributed by atoms with Crippen molar-refractivity contribution in [3.05, 3.63) is 29.3 Å². The molecular formula is C11H12BrNO3. The molecule has 4 nitrogen and oxygen atoms in total. The fourth-order valence-corrected chi connectivity index (χ4v) is 1.62. The van der Waals surface area contributed by atoms with Crippen LogP contribution in [0.1, 0.15) is 27.1 Å². The molecule has 0 saturated heterocycles. The number of benzene rings is 1. The topological polar surface area (TPSA) is 69.4 Å². The summed E-state index contributed by atoms with van der Waals surface area (Å²) in [5.74, 6) is -0.517. The maximum atomic E-state index is 11.5. The minimum absolute atomic E-state index is 0.0139. The average Bonchev–Trinajstić information content (AvgIpc) is 2.28. The number of nitrogen functional groups attached to an aromatic ring is 1. The van der Waals surface area contributed by atoms with E-state index in [-0.39, 0.29) is 17.0 Å². The van der Waals surface area contributed by atoms with Gasteiger partial charge in [0.2, 0.25) is 0 Å². The van der Waals surface area contributed by atoms with Crippen LogP contribution in [-0.4, -0.2) is 24.2 Å². The molecule has 0 radical (unpaired) electrons. The first-order valence-corrected chi connectivity index (χ1v) is 5.79. The van der Waals surface area contributed by atoms with Crippen LogP contribution in [-0.2, 0) is 4.74 Å². The summed E-state index contributed by atoms with van der Waals surface area (Å²) < 4.78 is 4.55. The zero-order valence-corrected chi connectivity index (χ0v) is 10.4.